The summed E-state index contributed by atoms with van der Waals surface area (Å²) in [4.78, 5) is 91.0. The monoisotopic (exact) mass is 877 g/mol. The summed E-state index contributed by atoms with van der Waals surface area (Å²) in [5.41, 5.74) is 11.5. The number of hydrogen-bond donors (Lipinski definition) is 9. The first kappa shape index (κ1) is 54.6. The van der Waals surface area contributed by atoms with E-state index < -0.39 is 66.2 Å². The van der Waals surface area contributed by atoms with Gasteiger partial charge in [0, 0.05) is 26.3 Å². The van der Waals surface area contributed by atoms with Gasteiger partial charge in [-0.3, -0.25) is 33.6 Å². The van der Waals surface area contributed by atoms with Gasteiger partial charge in [-0.25, -0.2) is 0 Å². The molecule has 7 amide bonds. The second-order valence-electron chi connectivity index (χ2n) is 15.6. The van der Waals surface area contributed by atoms with Crippen LogP contribution in [0.5, 0.6) is 5.75 Å². The number of benzene rings is 1. The average molecular weight is 877 g/mol. The first-order valence-corrected chi connectivity index (χ1v) is 23.7. The minimum Gasteiger partial charge on any atom is -0.508 e. The zero-order valence-corrected chi connectivity index (χ0v) is 37.8. The predicted molar refractivity (Wildman–Crippen MR) is 241 cm³/mol. The molecule has 0 aliphatic rings. The van der Waals surface area contributed by atoms with Gasteiger partial charge in [0.1, 0.15) is 29.9 Å². The van der Waals surface area contributed by atoms with E-state index in [1.165, 1.54) is 88.7 Å². The Hall–Kier alpha value is -4.38. The van der Waals surface area contributed by atoms with Crippen LogP contribution in [0.3, 0.4) is 0 Å². The van der Waals surface area contributed by atoms with Crippen LogP contribution in [0.15, 0.2) is 24.3 Å². The Morgan fingerprint density at radius 3 is 1.67 bits per heavy atom. The lowest BCUT2D eigenvalue weighted by Crippen LogP contribution is -2.58. The van der Waals surface area contributed by atoms with Crippen molar-refractivity contribution in [3.05, 3.63) is 29.8 Å². The normalized spacial score (nSPS) is 12.9. The molecule has 0 saturated heterocycles. The maximum absolute atomic E-state index is 13.8. The number of amides is 7. The molecular formula is C44H76N8O8S. The molecule has 0 unspecified atom stereocenters. The van der Waals surface area contributed by atoms with Crippen molar-refractivity contribution in [3.63, 3.8) is 0 Å². The molecule has 16 nitrogen and oxygen atoms in total. The Labute approximate surface area is 367 Å². The van der Waals surface area contributed by atoms with Crippen LogP contribution in [0.25, 0.3) is 0 Å². The number of nitrogens with one attached hydrogen (secondary N) is 6. The van der Waals surface area contributed by atoms with Crippen LogP contribution < -0.4 is 43.4 Å². The molecule has 4 atom stereocenters. The highest BCUT2D eigenvalue weighted by Crippen LogP contribution is 2.14. The van der Waals surface area contributed by atoms with Crippen LogP contribution in [0, 0.1) is 0 Å². The molecule has 17 heteroatoms. The predicted octanol–water partition coefficient (Wildman–Crippen LogP) is 3.37. The molecule has 1 aromatic rings. The highest BCUT2D eigenvalue weighted by atomic mass is 32.2. The van der Waals surface area contributed by atoms with Crippen molar-refractivity contribution in [2.75, 3.05) is 32.1 Å². The fourth-order valence-corrected chi connectivity index (χ4v) is 7.19. The molecule has 0 aromatic heterocycles. The van der Waals surface area contributed by atoms with Crippen molar-refractivity contribution in [1.82, 2.24) is 31.9 Å². The molecule has 1 aromatic carbocycles. The number of phenols is 1. The second kappa shape index (κ2) is 34.2. The Balaban J connectivity index is 2.88. The van der Waals surface area contributed by atoms with Crippen LogP contribution in [0.1, 0.15) is 141 Å². The maximum Gasteiger partial charge on any atom is 0.243 e. The van der Waals surface area contributed by atoms with E-state index in [2.05, 4.69) is 38.8 Å². The summed E-state index contributed by atoms with van der Waals surface area (Å²) in [7, 11) is 1.43. The lowest BCUT2D eigenvalue weighted by Gasteiger charge is -2.25. The molecule has 346 valence electrons. The number of thioether (sulfide) groups is 1. The van der Waals surface area contributed by atoms with E-state index in [-0.39, 0.29) is 37.3 Å². The van der Waals surface area contributed by atoms with Crippen molar-refractivity contribution in [1.29, 1.82) is 0 Å². The lowest BCUT2D eigenvalue weighted by atomic mass is 10.0. The number of hydrogen-bond acceptors (Lipinski definition) is 10. The largest absolute Gasteiger partial charge is 0.508 e. The second-order valence-corrected chi connectivity index (χ2v) is 16.6. The number of rotatable bonds is 36. The summed E-state index contributed by atoms with van der Waals surface area (Å²) < 4.78 is 0. The summed E-state index contributed by atoms with van der Waals surface area (Å²) in [6.07, 6.45) is 19.0. The minimum absolute atomic E-state index is 0.00992. The number of unbranched alkanes of at least 4 members (excludes halogenated alkanes) is 13. The molecule has 0 aliphatic heterocycles. The Bertz CT molecular complexity index is 1450. The number of carbonyl (C=O) groups excluding carboxylic acids is 7. The lowest BCUT2D eigenvalue weighted by molar-refractivity contribution is -0.134. The van der Waals surface area contributed by atoms with Gasteiger partial charge in [0.25, 0.3) is 0 Å². The molecule has 0 fully saturated rings. The number of primary amides is 1. The van der Waals surface area contributed by atoms with Gasteiger partial charge in [-0.15, -0.1) is 0 Å². The Morgan fingerprint density at radius 2 is 1.13 bits per heavy atom. The van der Waals surface area contributed by atoms with Crippen LogP contribution in [-0.4, -0.2) is 103 Å². The molecule has 0 radical (unpaired) electrons. The third kappa shape index (κ3) is 26.5. The van der Waals surface area contributed by atoms with Gasteiger partial charge in [-0.2, -0.15) is 11.8 Å². The van der Waals surface area contributed by atoms with Crippen LogP contribution in [0.4, 0.5) is 0 Å². The number of aromatic hydroxyl groups is 1. The smallest absolute Gasteiger partial charge is 0.243 e. The van der Waals surface area contributed by atoms with Gasteiger partial charge >= 0.3 is 0 Å². The zero-order chi connectivity index (χ0) is 45.3. The Morgan fingerprint density at radius 1 is 0.607 bits per heavy atom. The van der Waals surface area contributed by atoms with Crippen LogP contribution >= 0.6 is 11.8 Å². The molecule has 0 saturated carbocycles. The molecule has 61 heavy (non-hydrogen) atoms. The van der Waals surface area contributed by atoms with E-state index in [1.54, 1.807) is 12.1 Å². The van der Waals surface area contributed by atoms with Gasteiger partial charge in [-0.1, -0.05) is 96.1 Å². The zero-order valence-electron chi connectivity index (χ0n) is 37.0. The van der Waals surface area contributed by atoms with E-state index >= 15 is 0 Å². The van der Waals surface area contributed by atoms with Gasteiger partial charge < -0.3 is 48.5 Å². The number of phenolic OH excluding ortho intramolecular Hbond substituents is 1. The quantitative estimate of drug-likeness (QED) is 0.0444. The maximum atomic E-state index is 13.8. The van der Waals surface area contributed by atoms with Crippen molar-refractivity contribution in [2.45, 2.75) is 166 Å². The highest BCUT2D eigenvalue weighted by molar-refractivity contribution is 7.98. The molecule has 0 bridgehead atoms. The summed E-state index contributed by atoms with van der Waals surface area (Å²) in [5.74, 6) is -3.57. The summed E-state index contributed by atoms with van der Waals surface area (Å²) >= 11 is 1.52. The highest BCUT2D eigenvalue weighted by Gasteiger charge is 2.30. The van der Waals surface area contributed by atoms with Gasteiger partial charge in [0.15, 0.2) is 0 Å². The van der Waals surface area contributed by atoms with E-state index in [9.17, 15) is 38.7 Å². The molecule has 11 N–H and O–H groups in total. The Kier molecular flexibility index (Phi) is 30.7. The fourth-order valence-electron chi connectivity index (χ4n) is 6.72. The van der Waals surface area contributed by atoms with E-state index in [0.717, 1.165) is 25.7 Å². The van der Waals surface area contributed by atoms with Crippen LogP contribution in [-0.2, 0) is 40.0 Å². The van der Waals surface area contributed by atoms with Gasteiger partial charge in [0.2, 0.25) is 41.4 Å². The van der Waals surface area contributed by atoms with Gasteiger partial charge in [0.05, 0.1) is 6.54 Å². The van der Waals surface area contributed by atoms with Crippen molar-refractivity contribution >= 4 is 53.1 Å². The SMILES string of the molecule is CCCCCCCCCCCCCCCC(=O)N[C@H](CCSC)C(=O)NCC(=O)N[C@@H](Cc1ccc(O)cc1)C(=O)N[C@@H](CCC(N)=O)C(=O)N[C@@H](CCCCN)C(=O)NC. The molecule has 0 heterocycles. The number of carbonyl (C=O) groups is 7. The average Bonchev–Trinajstić information content (AvgIpc) is 3.24. The minimum atomic E-state index is -1.30. The van der Waals surface area contributed by atoms with Crippen molar-refractivity contribution in [3.8, 4) is 5.75 Å². The van der Waals surface area contributed by atoms with E-state index in [1.807, 2.05) is 6.26 Å². The van der Waals surface area contributed by atoms with E-state index in [0.29, 0.717) is 43.5 Å². The molecule has 1 rings (SSSR count). The standard InChI is InChI=1S/C44H76N8O8S/c1-4-5-6-7-8-9-10-11-12-13-14-15-16-20-39(55)49-36(27-29-61-3)42(58)48-31-40(56)50-37(30-32-21-23-33(53)24-22-32)44(60)52-35(25-26-38(46)54)43(59)51-34(41(57)47-2)19-17-18-28-45/h21-24,34-37,53H,4-20,25-31,45H2,1-3H3,(H2,46,54)(H,47,57)(H,48,58)(H,49,55)(H,50,56)(H,51,59)(H,52,60)/t34-,35-,36+,37-/m0/s1. The van der Waals surface area contributed by atoms with Crippen LogP contribution in [0.2, 0.25) is 0 Å². The topological polar surface area (TPSA) is 264 Å². The summed E-state index contributed by atoms with van der Waals surface area (Å²) in [6, 6.07) is 1.59. The molecule has 0 spiro atoms. The number of likely N-dealkylation sites (N-methyl/N-ethyl adjacent to an activating group) is 1. The van der Waals surface area contributed by atoms with E-state index in [4.69, 9.17) is 11.5 Å². The van der Waals surface area contributed by atoms with Gasteiger partial charge in [-0.05, 0) is 74.8 Å². The molecular weight excluding hydrogens is 801 g/mol. The van der Waals surface area contributed by atoms with Crippen molar-refractivity contribution < 1.29 is 38.7 Å². The molecule has 0 aliphatic carbocycles. The number of nitrogens with two attached hydrogens (primary N) is 2. The summed E-state index contributed by atoms with van der Waals surface area (Å²) in [6.45, 7) is 2.12. The third-order valence-electron chi connectivity index (χ3n) is 10.4. The first-order chi connectivity index (χ1) is 29.3. The van der Waals surface area contributed by atoms with Crippen molar-refractivity contribution in [2.24, 2.45) is 11.5 Å². The summed E-state index contributed by atoms with van der Waals surface area (Å²) in [5, 5.41) is 25.6. The first-order valence-electron chi connectivity index (χ1n) is 22.3. The third-order valence-corrected chi connectivity index (χ3v) is 11.0. The fraction of sp³-hybridized carbons (Fsp3) is 0.705.